The summed E-state index contributed by atoms with van der Waals surface area (Å²) in [5.41, 5.74) is 6.74. The second kappa shape index (κ2) is 8.01. The van der Waals surface area contributed by atoms with Crippen LogP contribution >= 0.6 is 0 Å². The first kappa shape index (κ1) is 13.7. The molecule has 0 aromatic carbocycles. The Morgan fingerprint density at radius 3 is 2.57 bits per heavy atom. The average molecular weight is 198 g/mol. The van der Waals surface area contributed by atoms with Crippen LogP contribution in [0.1, 0.15) is 33.1 Å². The van der Waals surface area contributed by atoms with Crippen molar-refractivity contribution in [1.82, 2.24) is 4.90 Å². The molecule has 84 valence electrons. The summed E-state index contributed by atoms with van der Waals surface area (Å²) in [6, 6.07) is 0. The monoisotopic (exact) mass is 198 g/mol. The van der Waals surface area contributed by atoms with Crippen molar-refractivity contribution in [2.24, 2.45) is 11.7 Å². The number of nitrogens with two attached hydrogens (primary N) is 1. The standard InChI is InChI=1S/C12H26N2/c1-11(2)10-14(4)9-5-6-12(3)7-8-13/h12H,1,5-10,13H2,2-4H3. The van der Waals surface area contributed by atoms with E-state index in [9.17, 15) is 0 Å². The zero-order valence-corrected chi connectivity index (χ0v) is 10.1. The normalized spacial score (nSPS) is 13.2. The lowest BCUT2D eigenvalue weighted by Gasteiger charge is -2.17. The van der Waals surface area contributed by atoms with Crippen molar-refractivity contribution in [3.05, 3.63) is 12.2 Å². The van der Waals surface area contributed by atoms with E-state index in [0.29, 0.717) is 0 Å². The van der Waals surface area contributed by atoms with E-state index < -0.39 is 0 Å². The molecule has 0 aliphatic rings. The third kappa shape index (κ3) is 8.27. The van der Waals surface area contributed by atoms with Gasteiger partial charge in [-0.05, 0) is 52.2 Å². The third-order valence-electron chi connectivity index (χ3n) is 2.44. The minimum absolute atomic E-state index is 0.776. The van der Waals surface area contributed by atoms with Crippen molar-refractivity contribution in [3.63, 3.8) is 0 Å². The van der Waals surface area contributed by atoms with Crippen LogP contribution in [0.5, 0.6) is 0 Å². The van der Waals surface area contributed by atoms with Crippen LogP contribution in [-0.4, -0.2) is 31.6 Å². The Bertz CT molecular complexity index is 154. The lowest BCUT2D eigenvalue weighted by molar-refractivity contribution is 0.335. The maximum Gasteiger partial charge on any atom is 0.0184 e. The summed E-state index contributed by atoms with van der Waals surface area (Å²) in [6.07, 6.45) is 3.72. The molecule has 2 heteroatoms. The molecule has 0 aromatic heterocycles. The highest BCUT2D eigenvalue weighted by Crippen LogP contribution is 2.09. The summed E-state index contributed by atoms with van der Waals surface area (Å²) in [5, 5.41) is 0. The van der Waals surface area contributed by atoms with Crippen molar-refractivity contribution in [1.29, 1.82) is 0 Å². The Balaban J connectivity index is 3.38. The van der Waals surface area contributed by atoms with E-state index in [-0.39, 0.29) is 0 Å². The molecule has 0 saturated carbocycles. The maximum absolute atomic E-state index is 5.50. The SMILES string of the molecule is C=C(C)CN(C)CCCC(C)CCN. The number of nitrogens with zero attached hydrogens (tertiary/aromatic N) is 1. The van der Waals surface area contributed by atoms with Gasteiger partial charge in [-0.3, -0.25) is 0 Å². The van der Waals surface area contributed by atoms with Gasteiger partial charge >= 0.3 is 0 Å². The van der Waals surface area contributed by atoms with Crippen molar-refractivity contribution >= 4 is 0 Å². The first-order valence-electron chi connectivity index (χ1n) is 5.59. The summed E-state index contributed by atoms with van der Waals surface area (Å²) in [4.78, 5) is 2.33. The highest BCUT2D eigenvalue weighted by atomic mass is 15.1. The molecule has 0 aliphatic heterocycles. The lowest BCUT2D eigenvalue weighted by Crippen LogP contribution is -2.22. The molecule has 0 spiro atoms. The molecular weight excluding hydrogens is 172 g/mol. The molecule has 1 atom stereocenters. The lowest BCUT2D eigenvalue weighted by atomic mass is 10.0. The van der Waals surface area contributed by atoms with E-state index in [0.717, 1.165) is 25.4 Å². The molecule has 2 nitrogen and oxygen atoms in total. The van der Waals surface area contributed by atoms with Crippen LogP contribution in [0.25, 0.3) is 0 Å². The fourth-order valence-electron chi connectivity index (χ4n) is 1.68. The van der Waals surface area contributed by atoms with Gasteiger partial charge in [0, 0.05) is 6.54 Å². The van der Waals surface area contributed by atoms with E-state index in [1.165, 1.54) is 25.0 Å². The highest BCUT2D eigenvalue weighted by molar-refractivity contribution is 4.90. The van der Waals surface area contributed by atoms with Crippen LogP contribution < -0.4 is 5.73 Å². The first-order chi connectivity index (χ1) is 6.56. The Labute approximate surface area is 89.2 Å². The van der Waals surface area contributed by atoms with Gasteiger partial charge in [-0.25, -0.2) is 0 Å². The van der Waals surface area contributed by atoms with Gasteiger partial charge in [0.05, 0.1) is 0 Å². The second-order valence-corrected chi connectivity index (χ2v) is 4.52. The number of likely N-dealkylation sites (N-methyl/N-ethyl adjacent to an activating group) is 1. The second-order valence-electron chi connectivity index (χ2n) is 4.52. The summed E-state index contributed by atoms with van der Waals surface area (Å²) >= 11 is 0. The predicted octanol–water partition coefficient (Wildman–Crippen LogP) is 2.26. The van der Waals surface area contributed by atoms with Crippen molar-refractivity contribution < 1.29 is 0 Å². The molecule has 0 rings (SSSR count). The van der Waals surface area contributed by atoms with Gasteiger partial charge in [0.25, 0.3) is 0 Å². The van der Waals surface area contributed by atoms with Gasteiger partial charge < -0.3 is 10.6 Å². The molecule has 14 heavy (non-hydrogen) atoms. The van der Waals surface area contributed by atoms with Crippen molar-refractivity contribution in [3.8, 4) is 0 Å². The summed E-state index contributed by atoms with van der Waals surface area (Å²) < 4.78 is 0. The molecule has 0 radical (unpaired) electrons. The van der Waals surface area contributed by atoms with Gasteiger partial charge in [-0.1, -0.05) is 19.1 Å². The van der Waals surface area contributed by atoms with Crippen LogP contribution in [0.15, 0.2) is 12.2 Å². The largest absolute Gasteiger partial charge is 0.330 e. The van der Waals surface area contributed by atoms with Crippen LogP contribution in [0.4, 0.5) is 0 Å². The number of hydrogen-bond donors (Lipinski definition) is 1. The van der Waals surface area contributed by atoms with Crippen LogP contribution in [0, 0.1) is 5.92 Å². The van der Waals surface area contributed by atoms with Gasteiger partial charge in [-0.2, -0.15) is 0 Å². The molecule has 0 heterocycles. The van der Waals surface area contributed by atoms with E-state index in [1.807, 2.05) is 0 Å². The number of hydrogen-bond acceptors (Lipinski definition) is 2. The Kier molecular flexibility index (Phi) is 7.81. The summed E-state index contributed by atoms with van der Waals surface area (Å²) in [6.45, 7) is 11.3. The molecule has 1 unspecified atom stereocenters. The minimum atomic E-state index is 0.776. The molecule has 0 bridgehead atoms. The maximum atomic E-state index is 5.50. The van der Waals surface area contributed by atoms with Gasteiger partial charge in [0.15, 0.2) is 0 Å². The Hall–Kier alpha value is -0.340. The first-order valence-corrected chi connectivity index (χ1v) is 5.59. The van der Waals surface area contributed by atoms with E-state index in [2.05, 4.69) is 32.4 Å². The Morgan fingerprint density at radius 2 is 2.07 bits per heavy atom. The topological polar surface area (TPSA) is 29.3 Å². The quantitative estimate of drug-likeness (QED) is 0.606. The smallest absolute Gasteiger partial charge is 0.0184 e. The predicted molar refractivity (Wildman–Crippen MR) is 64.4 cm³/mol. The Morgan fingerprint density at radius 1 is 1.43 bits per heavy atom. The molecule has 0 aliphatic carbocycles. The molecule has 0 aromatic rings. The molecule has 0 fully saturated rings. The van der Waals surface area contributed by atoms with Gasteiger partial charge in [0.1, 0.15) is 0 Å². The van der Waals surface area contributed by atoms with Crippen molar-refractivity contribution in [2.45, 2.75) is 33.1 Å². The molecule has 0 saturated heterocycles. The van der Waals surface area contributed by atoms with Crippen LogP contribution in [-0.2, 0) is 0 Å². The fourth-order valence-corrected chi connectivity index (χ4v) is 1.68. The van der Waals surface area contributed by atoms with Gasteiger partial charge in [0.2, 0.25) is 0 Å². The minimum Gasteiger partial charge on any atom is -0.330 e. The van der Waals surface area contributed by atoms with Gasteiger partial charge in [-0.15, -0.1) is 0 Å². The zero-order chi connectivity index (χ0) is 11.0. The van der Waals surface area contributed by atoms with Crippen molar-refractivity contribution in [2.75, 3.05) is 26.7 Å². The number of rotatable bonds is 8. The highest BCUT2D eigenvalue weighted by Gasteiger charge is 2.02. The summed E-state index contributed by atoms with van der Waals surface area (Å²) in [7, 11) is 2.16. The van der Waals surface area contributed by atoms with E-state index >= 15 is 0 Å². The van der Waals surface area contributed by atoms with Crippen LogP contribution in [0.2, 0.25) is 0 Å². The van der Waals surface area contributed by atoms with E-state index in [1.54, 1.807) is 0 Å². The zero-order valence-electron chi connectivity index (χ0n) is 10.1. The fraction of sp³-hybridized carbons (Fsp3) is 0.833. The molecular formula is C12H26N2. The molecule has 0 amide bonds. The average Bonchev–Trinajstić information content (AvgIpc) is 2.02. The van der Waals surface area contributed by atoms with E-state index in [4.69, 9.17) is 5.73 Å². The van der Waals surface area contributed by atoms with Crippen LogP contribution in [0.3, 0.4) is 0 Å². The molecule has 2 N–H and O–H groups in total. The third-order valence-corrected chi connectivity index (χ3v) is 2.44. The summed E-state index contributed by atoms with van der Waals surface area (Å²) in [5.74, 6) is 0.776.